The largest absolute Gasteiger partial charge is 0.478 e. The van der Waals surface area contributed by atoms with Crippen LogP contribution >= 0.6 is 15.9 Å². The van der Waals surface area contributed by atoms with Crippen LogP contribution in [0.1, 0.15) is 31.9 Å². The Hall–Kier alpha value is -0.840. The average Bonchev–Trinajstić information content (AvgIpc) is 2.44. The van der Waals surface area contributed by atoms with Crippen molar-refractivity contribution in [2.45, 2.75) is 33.1 Å². The molecule has 0 spiro atoms. The fraction of sp³-hybridized carbons (Fsp3) is 0.714. The molecule has 5 heteroatoms. The molecule has 1 saturated heterocycles. The van der Waals surface area contributed by atoms with Crippen LogP contribution in [-0.4, -0.2) is 35.0 Å². The maximum atomic E-state index is 5.62. The Labute approximate surface area is 123 Å². The van der Waals surface area contributed by atoms with Gasteiger partial charge in [-0.1, -0.05) is 22.9 Å². The van der Waals surface area contributed by atoms with E-state index in [4.69, 9.17) is 4.74 Å². The number of aryl methyl sites for hydroxylation is 1. The zero-order chi connectivity index (χ0) is 13.7. The molecule has 106 valence electrons. The third-order valence-corrected chi connectivity index (χ3v) is 4.30. The van der Waals surface area contributed by atoms with Crippen molar-refractivity contribution >= 4 is 21.9 Å². The van der Waals surface area contributed by atoms with Gasteiger partial charge in [0.15, 0.2) is 0 Å². The van der Waals surface area contributed by atoms with Crippen LogP contribution in [0.4, 0.5) is 5.95 Å². The van der Waals surface area contributed by atoms with E-state index in [0.29, 0.717) is 12.5 Å². The highest BCUT2D eigenvalue weighted by atomic mass is 79.9. The number of ether oxygens (including phenoxy) is 1. The molecule has 2 rings (SSSR count). The second-order valence-electron chi connectivity index (χ2n) is 5.08. The summed E-state index contributed by atoms with van der Waals surface area (Å²) < 4.78 is 5.62. The van der Waals surface area contributed by atoms with Gasteiger partial charge in [0.1, 0.15) is 0 Å². The molecule has 2 heterocycles. The molecule has 1 aliphatic rings. The summed E-state index contributed by atoms with van der Waals surface area (Å²) in [6.45, 7) is 6.87. The van der Waals surface area contributed by atoms with Crippen LogP contribution in [0, 0.1) is 12.8 Å². The summed E-state index contributed by atoms with van der Waals surface area (Å²) in [4.78, 5) is 11.3. The molecule has 0 N–H and O–H groups in total. The van der Waals surface area contributed by atoms with Crippen LogP contribution in [0.5, 0.6) is 5.88 Å². The lowest BCUT2D eigenvalue weighted by Crippen LogP contribution is -2.35. The second-order valence-corrected chi connectivity index (χ2v) is 5.73. The van der Waals surface area contributed by atoms with Gasteiger partial charge in [0.05, 0.1) is 6.61 Å². The molecule has 4 nitrogen and oxygen atoms in total. The van der Waals surface area contributed by atoms with Gasteiger partial charge in [0.25, 0.3) is 0 Å². The van der Waals surface area contributed by atoms with E-state index in [0.717, 1.165) is 42.4 Å². The predicted octanol–water partition coefficient (Wildman–Crippen LogP) is 3.19. The monoisotopic (exact) mass is 327 g/mol. The molecule has 0 atom stereocenters. The maximum absolute atomic E-state index is 5.62. The summed E-state index contributed by atoms with van der Waals surface area (Å²) in [6, 6.07) is 1.91. The molecule has 0 aliphatic carbocycles. The minimum Gasteiger partial charge on any atom is -0.478 e. The number of halogens is 1. The summed E-state index contributed by atoms with van der Waals surface area (Å²) >= 11 is 3.57. The van der Waals surface area contributed by atoms with Crippen molar-refractivity contribution in [3.05, 3.63) is 11.8 Å². The molecular weight excluding hydrogens is 306 g/mol. The van der Waals surface area contributed by atoms with Gasteiger partial charge in [0.2, 0.25) is 11.8 Å². The van der Waals surface area contributed by atoms with Crippen molar-refractivity contribution < 1.29 is 4.74 Å². The van der Waals surface area contributed by atoms with Crippen LogP contribution in [-0.2, 0) is 0 Å². The van der Waals surface area contributed by atoms with E-state index < -0.39 is 0 Å². The lowest BCUT2D eigenvalue weighted by molar-refractivity contribution is 0.304. The van der Waals surface area contributed by atoms with Crippen molar-refractivity contribution in [1.29, 1.82) is 0 Å². The van der Waals surface area contributed by atoms with Gasteiger partial charge in [-0.3, -0.25) is 0 Å². The van der Waals surface area contributed by atoms with E-state index in [1.807, 2.05) is 13.0 Å². The topological polar surface area (TPSA) is 38.2 Å². The Morgan fingerprint density at radius 1 is 1.37 bits per heavy atom. The van der Waals surface area contributed by atoms with E-state index in [-0.39, 0.29) is 0 Å². The number of aromatic nitrogens is 2. The Balaban J connectivity index is 2.05. The van der Waals surface area contributed by atoms with Crippen LogP contribution < -0.4 is 9.64 Å². The lowest BCUT2D eigenvalue weighted by Gasteiger charge is -2.31. The fourth-order valence-electron chi connectivity index (χ4n) is 2.23. The summed E-state index contributed by atoms with van der Waals surface area (Å²) in [5, 5.41) is 1.10. The van der Waals surface area contributed by atoms with E-state index >= 15 is 0 Å². The third kappa shape index (κ3) is 4.06. The molecule has 1 aromatic rings. The highest BCUT2D eigenvalue weighted by Gasteiger charge is 2.20. The highest BCUT2D eigenvalue weighted by Crippen LogP contribution is 2.23. The van der Waals surface area contributed by atoms with E-state index in [1.165, 1.54) is 12.8 Å². The molecule has 1 aliphatic heterocycles. The van der Waals surface area contributed by atoms with Gasteiger partial charge >= 0.3 is 0 Å². The quantitative estimate of drug-likeness (QED) is 0.778. The summed E-state index contributed by atoms with van der Waals surface area (Å²) in [5.74, 6) is 2.31. The van der Waals surface area contributed by atoms with E-state index in [2.05, 4.69) is 37.7 Å². The number of hydrogen-bond acceptors (Lipinski definition) is 4. The fourth-order valence-corrected chi connectivity index (χ4v) is 2.88. The van der Waals surface area contributed by atoms with Crippen molar-refractivity contribution in [2.75, 3.05) is 29.9 Å². The minimum atomic E-state index is 0.701. The normalized spacial score (nSPS) is 16.7. The lowest BCUT2D eigenvalue weighted by atomic mass is 9.99. The van der Waals surface area contributed by atoms with Crippen LogP contribution in [0.15, 0.2) is 6.07 Å². The molecule has 0 bridgehead atoms. The van der Waals surface area contributed by atoms with Gasteiger partial charge in [-0.05, 0) is 32.1 Å². The minimum absolute atomic E-state index is 0.701. The van der Waals surface area contributed by atoms with Crippen molar-refractivity contribution in [3.8, 4) is 5.88 Å². The standard InChI is InChI=1S/C14H22BrN3O/c1-3-8-19-13-9-11(2)16-14(17-13)18-6-4-12(10-15)5-7-18/h9,12H,3-8,10H2,1-2H3. The molecule has 0 amide bonds. The van der Waals surface area contributed by atoms with Gasteiger partial charge in [-0.25, -0.2) is 4.98 Å². The first-order chi connectivity index (χ1) is 9.22. The highest BCUT2D eigenvalue weighted by molar-refractivity contribution is 9.09. The molecular formula is C14H22BrN3O. The predicted molar refractivity (Wildman–Crippen MR) is 81.3 cm³/mol. The van der Waals surface area contributed by atoms with Crippen LogP contribution in [0.25, 0.3) is 0 Å². The first-order valence-electron chi connectivity index (χ1n) is 7.02. The Bertz CT molecular complexity index is 406. The first kappa shape index (κ1) is 14.6. The summed E-state index contributed by atoms with van der Waals surface area (Å²) in [6.07, 6.45) is 3.40. The maximum Gasteiger partial charge on any atom is 0.228 e. The van der Waals surface area contributed by atoms with Crippen LogP contribution in [0.3, 0.4) is 0 Å². The molecule has 0 unspecified atom stereocenters. The Kier molecular flexibility index (Phi) is 5.43. The smallest absolute Gasteiger partial charge is 0.228 e. The average molecular weight is 328 g/mol. The molecule has 19 heavy (non-hydrogen) atoms. The number of rotatable bonds is 5. The first-order valence-corrected chi connectivity index (χ1v) is 8.14. The van der Waals surface area contributed by atoms with E-state index in [1.54, 1.807) is 0 Å². The van der Waals surface area contributed by atoms with Gasteiger partial charge in [0, 0.05) is 30.2 Å². The van der Waals surface area contributed by atoms with Gasteiger partial charge in [-0.15, -0.1) is 0 Å². The number of anilines is 1. The van der Waals surface area contributed by atoms with Gasteiger partial charge < -0.3 is 9.64 Å². The van der Waals surface area contributed by atoms with Crippen molar-refractivity contribution in [3.63, 3.8) is 0 Å². The summed E-state index contributed by atoms with van der Waals surface area (Å²) in [7, 11) is 0. The zero-order valence-electron chi connectivity index (χ0n) is 11.7. The van der Waals surface area contributed by atoms with Crippen molar-refractivity contribution in [2.24, 2.45) is 5.92 Å². The van der Waals surface area contributed by atoms with Crippen LogP contribution in [0.2, 0.25) is 0 Å². The number of nitrogens with zero attached hydrogens (tertiary/aromatic N) is 3. The van der Waals surface area contributed by atoms with Gasteiger partial charge in [-0.2, -0.15) is 4.98 Å². The van der Waals surface area contributed by atoms with E-state index in [9.17, 15) is 0 Å². The van der Waals surface area contributed by atoms with Crippen molar-refractivity contribution in [1.82, 2.24) is 9.97 Å². The second kappa shape index (κ2) is 7.08. The molecule has 0 saturated carbocycles. The Morgan fingerprint density at radius 2 is 2.11 bits per heavy atom. The number of alkyl halides is 1. The summed E-state index contributed by atoms with van der Waals surface area (Å²) in [5.41, 5.74) is 0.971. The number of hydrogen-bond donors (Lipinski definition) is 0. The molecule has 1 fully saturated rings. The Morgan fingerprint density at radius 3 is 2.74 bits per heavy atom. The third-order valence-electron chi connectivity index (χ3n) is 3.39. The molecule has 1 aromatic heterocycles. The molecule has 0 radical (unpaired) electrons. The SMILES string of the molecule is CCCOc1cc(C)nc(N2CCC(CBr)CC2)n1. The number of piperidine rings is 1. The zero-order valence-corrected chi connectivity index (χ0v) is 13.3. The molecule has 0 aromatic carbocycles.